The number of aliphatic hydroxyl groups excluding tert-OH is 1. The molecule has 0 saturated carbocycles. The summed E-state index contributed by atoms with van der Waals surface area (Å²) in [5.41, 5.74) is 0. The van der Waals surface area contributed by atoms with Crippen molar-refractivity contribution >= 4 is 35.5 Å². The summed E-state index contributed by atoms with van der Waals surface area (Å²) in [6.45, 7) is 13.6. The van der Waals surface area contributed by atoms with Gasteiger partial charge in [0.15, 0.2) is 0 Å². The summed E-state index contributed by atoms with van der Waals surface area (Å²) in [5, 5.41) is 9.34. The van der Waals surface area contributed by atoms with Gasteiger partial charge in [-0.3, -0.25) is 4.79 Å². The summed E-state index contributed by atoms with van der Waals surface area (Å²) >= 11 is 3.62. The highest BCUT2D eigenvalue weighted by molar-refractivity contribution is 8.18. The Balaban J connectivity index is 4.40. The Morgan fingerprint density at radius 1 is 0.446 bits per heavy atom. The molecule has 0 bridgehead atoms. The number of aliphatic hydroxyl groups is 1. The number of esters is 2. The molecule has 1 atom stereocenters. The minimum atomic E-state index is -0.0768. The molecule has 0 rings (SSSR count). The highest BCUT2D eigenvalue weighted by atomic mass is 32.2. The second kappa shape index (κ2) is 45.6. The van der Waals surface area contributed by atoms with Gasteiger partial charge in [-0.2, -0.15) is 0 Å². The summed E-state index contributed by atoms with van der Waals surface area (Å²) < 4.78 is 11.6. The van der Waals surface area contributed by atoms with E-state index in [1.54, 1.807) is 0 Å². The van der Waals surface area contributed by atoms with Crippen molar-refractivity contribution in [2.24, 2.45) is 5.92 Å². The first-order chi connectivity index (χ1) is 27.5. The van der Waals surface area contributed by atoms with Crippen molar-refractivity contribution in [3.05, 3.63) is 0 Å². The van der Waals surface area contributed by atoms with Crippen molar-refractivity contribution in [1.29, 1.82) is 0 Å². The fraction of sp³-hybridized carbons (Fsp3) is 0.958. The number of carbonyl (C=O) groups excluding carboxylic acids is 2. The van der Waals surface area contributed by atoms with Crippen LogP contribution in [0.5, 0.6) is 0 Å². The standard InChI is InChI=1S/C48H95NO5S2/c1-5-9-13-17-18-26-36-45(35-25-16-12-8-4)46(51)53-41-31-21-19-27-37-49(39-29-30-40-50)38-28-20-22-32-42-54-47(52)48(55-43-33-23-14-10-6-2)56-44-34-24-15-11-7-3/h45,48,50H,5-44H2,1-4H3. The number of thioether (sulfide) groups is 2. The van der Waals surface area contributed by atoms with E-state index in [1.165, 1.54) is 116 Å². The Bertz CT molecular complexity index is 802. The number of rotatable bonds is 46. The quantitative estimate of drug-likeness (QED) is 0.0369. The lowest BCUT2D eigenvalue weighted by molar-refractivity contribution is -0.149. The maximum atomic E-state index is 13.0. The van der Waals surface area contributed by atoms with E-state index in [4.69, 9.17) is 9.47 Å². The first-order valence-corrected chi connectivity index (χ1v) is 26.5. The maximum absolute atomic E-state index is 13.0. The zero-order chi connectivity index (χ0) is 41.0. The molecule has 0 aromatic rings. The van der Waals surface area contributed by atoms with E-state index in [9.17, 15) is 14.7 Å². The van der Waals surface area contributed by atoms with Crippen molar-refractivity contribution in [2.75, 3.05) is 51.0 Å². The van der Waals surface area contributed by atoms with Gasteiger partial charge in [0.25, 0.3) is 0 Å². The summed E-state index contributed by atoms with van der Waals surface area (Å²) in [5.74, 6) is 2.23. The van der Waals surface area contributed by atoms with E-state index in [0.29, 0.717) is 13.2 Å². The molecule has 0 aromatic heterocycles. The maximum Gasteiger partial charge on any atom is 0.329 e. The Morgan fingerprint density at radius 3 is 1.27 bits per heavy atom. The Labute approximate surface area is 357 Å². The third-order valence-electron chi connectivity index (χ3n) is 11.0. The molecule has 0 aliphatic rings. The minimum absolute atomic E-state index is 0.0131. The highest BCUT2D eigenvalue weighted by Gasteiger charge is 2.21. The fourth-order valence-electron chi connectivity index (χ4n) is 7.24. The van der Waals surface area contributed by atoms with E-state index in [0.717, 1.165) is 121 Å². The van der Waals surface area contributed by atoms with Gasteiger partial charge in [0.1, 0.15) is 4.58 Å². The second-order valence-corrected chi connectivity index (χ2v) is 19.2. The molecular formula is C48H95NO5S2. The van der Waals surface area contributed by atoms with E-state index >= 15 is 0 Å². The predicted octanol–water partition coefficient (Wildman–Crippen LogP) is 14.3. The third kappa shape index (κ3) is 37.8. The third-order valence-corrected chi connectivity index (χ3v) is 13.8. The Kier molecular flexibility index (Phi) is 45.3. The van der Waals surface area contributed by atoms with Crippen LogP contribution in [0.4, 0.5) is 0 Å². The molecule has 0 amide bonds. The van der Waals surface area contributed by atoms with E-state index in [2.05, 4.69) is 32.6 Å². The van der Waals surface area contributed by atoms with E-state index in [1.807, 2.05) is 23.5 Å². The van der Waals surface area contributed by atoms with Crippen LogP contribution in [0.15, 0.2) is 0 Å². The first kappa shape index (κ1) is 55.6. The van der Waals surface area contributed by atoms with Gasteiger partial charge in [-0.1, -0.05) is 169 Å². The SMILES string of the molecule is CCCCCCCCC(CCCCCC)C(=O)OCCCCCCN(CCCCO)CCCCCCOC(=O)C(SCCCCCCC)SCCCCCCC. The zero-order valence-corrected chi connectivity index (χ0v) is 39.4. The first-order valence-electron chi connectivity index (χ1n) is 24.4. The number of hydrogen-bond donors (Lipinski definition) is 1. The lowest BCUT2D eigenvalue weighted by atomic mass is 9.94. The Morgan fingerprint density at radius 2 is 0.804 bits per heavy atom. The number of ether oxygens (including phenoxy) is 2. The summed E-state index contributed by atoms with van der Waals surface area (Å²) in [6.07, 6.45) is 37.7. The molecular weight excluding hydrogens is 735 g/mol. The summed E-state index contributed by atoms with van der Waals surface area (Å²) in [6, 6.07) is 0. The van der Waals surface area contributed by atoms with Gasteiger partial charge in [-0.15, -0.1) is 23.5 Å². The fourth-order valence-corrected chi connectivity index (χ4v) is 9.78. The molecule has 0 saturated heterocycles. The molecule has 1 unspecified atom stereocenters. The number of hydrogen-bond acceptors (Lipinski definition) is 8. The molecule has 0 aromatic carbocycles. The lowest BCUT2D eigenvalue weighted by Crippen LogP contribution is -2.27. The van der Waals surface area contributed by atoms with Crippen LogP contribution in [0.3, 0.4) is 0 Å². The van der Waals surface area contributed by atoms with Crippen LogP contribution in [0.2, 0.25) is 0 Å². The van der Waals surface area contributed by atoms with Crippen LogP contribution in [-0.4, -0.2) is 77.5 Å². The van der Waals surface area contributed by atoms with Crippen LogP contribution < -0.4 is 0 Å². The number of nitrogens with zero attached hydrogens (tertiary/aromatic N) is 1. The number of carbonyl (C=O) groups is 2. The molecule has 0 heterocycles. The molecule has 0 aliphatic carbocycles. The van der Waals surface area contributed by atoms with Crippen LogP contribution in [0.1, 0.15) is 233 Å². The molecule has 6 nitrogen and oxygen atoms in total. The van der Waals surface area contributed by atoms with Crippen LogP contribution in [0, 0.1) is 5.92 Å². The van der Waals surface area contributed by atoms with Crippen LogP contribution >= 0.6 is 23.5 Å². The van der Waals surface area contributed by atoms with Gasteiger partial charge < -0.3 is 19.5 Å². The van der Waals surface area contributed by atoms with Gasteiger partial charge in [-0.05, 0) is 95.3 Å². The summed E-state index contributed by atoms with van der Waals surface area (Å²) in [4.78, 5) is 28.6. The van der Waals surface area contributed by atoms with Crippen molar-refractivity contribution in [3.8, 4) is 0 Å². The van der Waals surface area contributed by atoms with Crippen LogP contribution in [-0.2, 0) is 19.1 Å². The van der Waals surface area contributed by atoms with Gasteiger partial charge in [0, 0.05) is 6.61 Å². The van der Waals surface area contributed by atoms with Crippen molar-refractivity contribution in [3.63, 3.8) is 0 Å². The molecule has 56 heavy (non-hydrogen) atoms. The van der Waals surface area contributed by atoms with Gasteiger partial charge >= 0.3 is 11.9 Å². The predicted molar refractivity (Wildman–Crippen MR) is 248 cm³/mol. The van der Waals surface area contributed by atoms with Crippen LogP contribution in [0.25, 0.3) is 0 Å². The lowest BCUT2D eigenvalue weighted by Gasteiger charge is -2.22. The topological polar surface area (TPSA) is 76.1 Å². The summed E-state index contributed by atoms with van der Waals surface area (Å²) in [7, 11) is 0. The normalized spacial score (nSPS) is 12.2. The largest absolute Gasteiger partial charge is 0.465 e. The molecule has 334 valence electrons. The molecule has 8 heteroatoms. The average molecular weight is 830 g/mol. The highest BCUT2D eigenvalue weighted by Crippen LogP contribution is 2.28. The van der Waals surface area contributed by atoms with Crippen molar-refractivity contribution in [1.82, 2.24) is 4.90 Å². The van der Waals surface area contributed by atoms with E-state index in [-0.39, 0.29) is 29.0 Å². The molecule has 0 aliphatic heterocycles. The molecule has 0 spiro atoms. The molecule has 0 radical (unpaired) electrons. The van der Waals surface area contributed by atoms with Crippen molar-refractivity contribution < 1.29 is 24.2 Å². The molecule has 1 N–H and O–H groups in total. The number of unbranched alkanes of at least 4 members (excludes halogenated alkanes) is 23. The zero-order valence-electron chi connectivity index (χ0n) is 37.8. The van der Waals surface area contributed by atoms with Crippen molar-refractivity contribution in [2.45, 2.75) is 238 Å². The Hall–Kier alpha value is -0.440. The van der Waals surface area contributed by atoms with Gasteiger partial charge in [0.2, 0.25) is 0 Å². The van der Waals surface area contributed by atoms with Gasteiger partial charge in [-0.25, -0.2) is 4.79 Å². The smallest absolute Gasteiger partial charge is 0.329 e. The monoisotopic (exact) mass is 830 g/mol. The average Bonchev–Trinajstić information content (AvgIpc) is 3.20. The minimum Gasteiger partial charge on any atom is -0.465 e. The van der Waals surface area contributed by atoms with Gasteiger partial charge in [0.05, 0.1) is 19.1 Å². The second-order valence-electron chi connectivity index (χ2n) is 16.4. The van der Waals surface area contributed by atoms with E-state index < -0.39 is 0 Å². The molecule has 0 fully saturated rings.